The van der Waals surface area contributed by atoms with Crippen LogP contribution < -0.4 is 10.6 Å². The molecule has 4 nitrogen and oxygen atoms in total. The Morgan fingerprint density at radius 2 is 2.12 bits per heavy atom. The van der Waals surface area contributed by atoms with Gasteiger partial charge < -0.3 is 15.2 Å². The van der Waals surface area contributed by atoms with Crippen molar-refractivity contribution in [3.63, 3.8) is 0 Å². The first-order valence-corrected chi connectivity index (χ1v) is 5.87. The Hall–Kier alpha value is -1.45. The number of guanidine groups is 1. The zero-order valence-electron chi connectivity index (χ0n) is 9.98. The van der Waals surface area contributed by atoms with E-state index in [4.69, 9.17) is 0 Å². The lowest BCUT2D eigenvalue weighted by Gasteiger charge is -2.11. The fourth-order valence-electron chi connectivity index (χ4n) is 1.72. The van der Waals surface area contributed by atoms with E-state index in [1.165, 1.54) is 6.42 Å². The van der Waals surface area contributed by atoms with E-state index >= 15 is 0 Å². The van der Waals surface area contributed by atoms with Crippen molar-refractivity contribution < 1.29 is 0 Å². The molecule has 2 N–H and O–H groups in total. The van der Waals surface area contributed by atoms with Crippen LogP contribution in [-0.2, 0) is 6.54 Å². The second-order valence-electron chi connectivity index (χ2n) is 4.38. The summed E-state index contributed by atoms with van der Waals surface area (Å²) >= 11 is 0. The molecule has 1 heterocycles. The molecule has 0 aliphatic heterocycles. The topological polar surface area (TPSA) is 41.4 Å². The van der Waals surface area contributed by atoms with Crippen molar-refractivity contribution in [3.05, 3.63) is 24.5 Å². The van der Waals surface area contributed by atoms with E-state index in [0.717, 1.165) is 25.0 Å². The van der Waals surface area contributed by atoms with Crippen LogP contribution in [0.2, 0.25) is 0 Å². The average Bonchev–Trinajstić information content (AvgIpc) is 2.79. The Balaban J connectivity index is 1.67. The van der Waals surface area contributed by atoms with Crippen molar-refractivity contribution in [1.82, 2.24) is 15.2 Å². The predicted molar refractivity (Wildman–Crippen MR) is 66.5 cm³/mol. The van der Waals surface area contributed by atoms with Crippen LogP contribution in [-0.4, -0.2) is 30.2 Å². The number of hydrogen-bond acceptors (Lipinski definition) is 1. The monoisotopic (exact) mass is 220 g/mol. The first-order chi connectivity index (χ1) is 7.79. The summed E-state index contributed by atoms with van der Waals surface area (Å²) in [5, 5.41) is 6.72. The van der Waals surface area contributed by atoms with Gasteiger partial charge in [-0.3, -0.25) is 4.99 Å². The zero-order valence-corrected chi connectivity index (χ0v) is 9.98. The van der Waals surface area contributed by atoms with Gasteiger partial charge in [-0.2, -0.15) is 0 Å². The van der Waals surface area contributed by atoms with Gasteiger partial charge in [0.2, 0.25) is 0 Å². The molecule has 1 aromatic rings. The number of nitrogens with zero attached hydrogens (tertiary/aromatic N) is 2. The summed E-state index contributed by atoms with van der Waals surface area (Å²) in [5.74, 6) is 1.71. The fraction of sp³-hybridized carbons (Fsp3) is 0.583. The normalized spacial score (nSPS) is 24.2. The van der Waals surface area contributed by atoms with Gasteiger partial charge in [0.15, 0.2) is 5.96 Å². The lowest BCUT2D eigenvalue weighted by molar-refractivity contribution is 0.661. The molecular weight excluding hydrogens is 200 g/mol. The van der Waals surface area contributed by atoms with Gasteiger partial charge in [-0.25, -0.2) is 0 Å². The van der Waals surface area contributed by atoms with Gasteiger partial charge in [-0.1, -0.05) is 6.92 Å². The summed E-state index contributed by atoms with van der Waals surface area (Å²) in [6.45, 7) is 4.12. The van der Waals surface area contributed by atoms with E-state index in [-0.39, 0.29) is 0 Å². The third-order valence-electron chi connectivity index (χ3n) is 2.98. The molecule has 4 heteroatoms. The van der Waals surface area contributed by atoms with Crippen LogP contribution in [0.3, 0.4) is 0 Å². The molecule has 1 aliphatic carbocycles. The van der Waals surface area contributed by atoms with Crippen LogP contribution in [0.5, 0.6) is 0 Å². The highest BCUT2D eigenvalue weighted by Gasteiger charge is 2.32. The van der Waals surface area contributed by atoms with E-state index < -0.39 is 0 Å². The molecule has 2 atom stereocenters. The second kappa shape index (κ2) is 5.05. The van der Waals surface area contributed by atoms with Crippen LogP contribution in [0.15, 0.2) is 29.5 Å². The number of aromatic nitrogens is 1. The Labute approximate surface area is 96.8 Å². The summed E-state index contributed by atoms with van der Waals surface area (Å²) in [6, 6.07) is 4.70. The Morgan fingerprint density at radius 3 is 2.69 bits per heavy atom. The molecule has 0 spiro atoms. The highest BCUT2D eigenvalue weighted by atomic mass is 15.2. The molecule has 2 unspecified atom stereocenters. The lowest BCUT2D eigenvalue weighted by atomic mass is 10.5. The summed E-state index contributed by atoms with van der Waals surface area (Å²) in [5.41, 5.74) is 0. The van der Waals surface area contributed by atoms with Gasteiger partial charge in [0.25, 0.3) is 0 Å². The van der Waals surface area contributed by atoms with Crippen molar-refractivity contribution in [3.8, 4) is 0 Å². The average molecular weight is 220 g/mol. The Morgan fingerprint density at radius 1 is 1.44 bits per heavy atom. The number of hydrogen-bond donors (Lipinski definition) is 2. The van der Waals surface area contributed by atoms with Gasteiger partial charge in [0, 0.05) is 38.6 Å². The first kappa shape index (κ1) is 11.0. The van der Waals surface area contributed by atoms with Gasteiger partial charge in [0.1, 0.15) is 0 Å². The minimum atomic E-state index is 0.623. The zero-order chi connectivity index (χ0) is 11.4. The van der Waals surface area contributed by atoms with E-state index in [1.807, 2.05) is 19.2 Å². The van der Waals surface area contributed by atoms with Crippen LogP contribution >= 0.6 is 0 Å². The van der Waals surface area contributed by atoms with Crippen molar-refractivity contribution in [2.45, 2.75) is 25.9 Å². The summed E-state index contributed by atoms with van der Waals surface area (Å²) in [4.78, 5) is 4.21. The van der Waals surface area contributed by atoms with Gasteiger partial charge in [0.05, 0.1) is 0 Å². The Kier molecular flexibility index (Phi) is 3.49. The van der Waals surface area contributed by atoms with E-state index in [0.29, 0.717) is 6.04 Å². The molecule has 1 fully saturated rings. The summed E-state index contributed by atoms with van der Waals surface area (Å²) in [7, 11) is 1.82. The van der Waals surface area contributed by atoms with Crippen LogP contribution in [0.1, 0.15) is 13.3 Å². The molecule has 0 saturated heterocycles. The number of aliphatic imine (C=N–C) groups is 1. The highest BCUT2D eigenvalue weighted by Crippen LogP contribution is 2.28. The molecule has 0 radical (unpaired) electrons. The van der Waals surface area contributed by atoms with E-state index in [1.54, 1.807) is 0 Å². The van der Waals surface area contributed by atoms with Crippen molar-refractivity contribution in [2.75, 3.05) is 13.6 Å². The van der Waals surface area contributed by atoms with Crippen molar-refractivity contribution in [1.29, 1.82) is 0 Å². The minimum absolute atomic E-state index is 0.623. The minimum Gasteiger partial charge on any atom is -0.355 e. The quantitative estimate of drug-likeness (QED) is 0.588. The maximum Gasteiger partial charge on any atom is 0.191 e. The fourth-order valence-corrected chi connectivity index (χ4v) is 1.72. The predicted octanol–water partition coefficient (Wildman–Crippen LogP) is 1.06. The Bertz CT molecular complexity index is 342. The third kappa shape index (κ3) is 3.02. The summed E-state index contributed by atoms with van der Waals surface area (Å²) < 4.78 is 2.15. The first-order valence-electron chi connectivity index (χ1n) is 5.87. The molecular formula is C12H20N4. The van der Waals surface area contributed by atoms with Crippen molar-refractivity contribution in [2.24, 2.45) is 10.9 Å². The summed E-state index contributed by atoms with van der Waals surface area (Å²) in [6.07, 6.45) is 5.40. The van der Waals surface area contributed by atoms with Gasteiger partial charge >= 0.3 is 0 Å². The van der Waals surface area contributed by atoms with Gasteiger partial charge in [-0.05, 0) is 24.5 Å². The standard InChI is InChI=1S/C12H20N4/c1-10-9-11(10)15-12(13-2)14-5-8-16-6-3-4-7-16/h3-4,6-7,10-11H,5,8-9H2,1-2H3,(H2,13,14,15). The van der Waals surface area contributed by atoms with Gasteiger partial charge in [-0.15, -0.1) is 0 Å². The molecule has 0 amide bonds. The smallest absolute Gasteiger partial charge is 0.191 e. The second-order valence-corrected chi connectivity index (χ2v) is 4.38. The van der Waals surface area contributed by atoms with Crippen LogP contribution in [0.4, 0.5) is 0 Å². The lowest BCUT2D eigenvalue weighted by Crippen LogP contribution is -2.40. The maximum atomic E-state index is 4.21. The number of nitrogens with one attached hydrogen (secondary N) is 2. The molecule has 1 aromatic heterocycles. The largest absolute Gasteiger partial charge is 0.355 e. The molecule has 1 aliphatic rings. The molecule has 88 valence electrons. The molecule has 1 saturated carbocycles. The van der Waals surface area contributed by atoms with Crippen molar-refractivity contribution >= 4 is 5.96 Å². The van der Waals surface area contributed by atoms with E-state index in [9.17, 15) is 0 Å². The molecule has 2 rings (SSSR count). The van der Waals surface area contributed by atoms with Crippen LogP contribution in [0.25, 0.3) is 0 Å². The molecule has 0 bridgehead atoms. The molecule has 16 heavy (non-hydrogen) atoms. The number of rotatable bonds is 4. The van der Waals surface area contributed by atoms with Crippen LogP contribution in [0, 0.1) is 5.92 Å². The third-order valence-corrected chi connectivity index (χ3v) is 2.98. The molecule has 0 aromatic carbocycles. The van der Waals surface area contributed by atoms with E-state index in [2.05, 4.69) is 39.5 Å². The maximum absolute atomic E-state index is 4.21. The SMILES string of the molecule is CN=C(NCCn1cccc1)NC1CC1C. The highest BCUT2D eigenvalue weighted by molar-refractivity contribution is 5.80.